The van der Waals surface area contributed by atoms with Crippen LogP contribution in [0.3, 0.4) is 0 Å². The van der Waals surface area contributed by atoms with Crippen LogP contribution < -0.4 is 5.32 Å². The zero-order chi connectivity index (χ0) is 11.8. The smallest absolute Gasteiger partial charge is 0.251 e. The van der Waals surface area contributed by atoms with Gasteiger partial charge in [0, 0.05) is 12.1 Å². The molecule has 0 bridgehead atoms. The van der Waals surface area contributed by atoms with Crippen molar-refractivity contribution in [1.82, 2.24) is 5.32 Å². The van der Waals surface area contributed by atoms with Crippen molar-refractivity contribution in [1.29, 1.82) is 0 Å². The lowest BCUT2D eigenvalue weighted by Gasteiger charge is -2.21. The first-order valence-corrected chi connectivity index (χ1v) is 5.86. The highest BCUT2D eigenvalue weighted by Crippen LogP contribution is 2.23. The Bertz CT molecular complexity index is 415. The Labute approximate surface area is 97.1 Å². The summed E-state index contributed by atoms with van der Waals surface area (Å²) in [7, 11) is 0. The van der Waals surface area contributed by atoms with Crippen LogP contribution in [0.5, 0.6) is 0 Å². The first-order chi connectivity index (χ1) is 7.46. The summed E-state index contributed by atoms with van der Waals surface area (Å²) >= 11 is 0. The Kier molecular flexibility index (Phi) is 2.75. The van der Waals surface area contributed by atoms with E-state index in [0.29, 0.717) is 0 Å². The van der Waals surface area contributed by atoms with Gasteiger partial charge in [0.25, 0.3) is 5.91 Å². The van der Waals surface area contributed by atoms with Gasteiger partial charge in [0.1, 0.15) is 0 Å². The lowest BCUT2D eigenvalue weighted by Crippen LogP contribution is -2.31. The number of benzene rings is 1. The summed E-state index contributed by atoms with van der Waals surface area (Å²) in [5.74, 6) is 0.0806. The Hall–Kier alpha value is -1.31. The van der Waals surface area contributed by atoms with Gasteiger partial charge >= 0.3 is 0 Å². The molecule has 1 aromatic rings. The molecular formula is C14H19NO. The van der Waals surface area contributed by atoms with Crippen molar-refractivity contribution in [2.45, 2.75) is 33.6 Å². The highest BCUT2D eigenvalue weighted by molar-refractivity contribution is 5.96. The molecule has 0 aromatic heterocycles. The lowest BCUT2D eigenvalue weighted by molar-refractivity contribution is 0.0946. The van der Waals surface area contributed by atoms with E-state index in [1.165, 1.54) is 11.1 Å². The SMILES string of the molecule is CC(C)(C)Cc1ccc2c(c1)C(=O)NCC2. The Morgan fingerprint density at radius 1 is 1.31 bits per heavy atom. The molecule has 2 nitrogen and oxygen atoms in total. The highest BCUT2D eigenvalue weighted by atomic mass is 16.1. The van der Waals surface area contributed by atoms with Crippen molar-refractivity contribution in [2.24, 2.45) is 5.41 Å². The second-order valence-electron chi connectivity index (χ2n) is 5.73. The Morgan fingerprint density at radius 3 is 2.75 bits per heavy atom. The Morgan fingerprint density at radius 2 is 2.06 bits per heavy atom. The lowest BCUT2D eigenvalue weighted by atomic mass is 9.86. The largest absolute Gasteiger partial charge is 0.352 e. The minimum Gasteiger partial charge on any atom is -0.352 e. The number of fused-ring (bicyclic) bond motifs is 1. The van der Waals surface area contributed by atoms with Crippen molar-refractivity contribution in [3.05, 3.63) is 34.9 Å². The van der Waals surface area contributed by atoms with Crippen LogP contribution in [0.25, 0.3) is 0 Å². The molecule has 0 saturated heterocycles. The first kappa shape index (κ1) is 11.2. The van der Waals surface area contributed by atoms with Crippen LogP contribution in [0, 0.1) is 5.41 Å². The minimum atomic E-state index is 0.0806. The minimum absolute atomic E-state index is 0.0806. The van der Waals surface area contributed by atoms with E-state index in [-0.39, 0.29) is 11.3 Å². The molecule has 0 radical (unpaired) electrons. The van der Waals surface area contributed by atoms with Gasteiger partial charge in [-0.2, -0.15) is 0 Å². The molecule has 1 amide bonds. The quantitative estimate of drug-likeness (QED) is 0.769. The van der Waals surface area contributed by atoms with Gasteiger partial charge < -0.3 is 5.32 Å². The molecule has 0 fully saturated rings. The predicted octanol–water partition coefficient (Wildman–Crippen LogP) is 2.56. The van der Waals surface area contributed by atoms with Crippen LogP contribution >= 0.6 is 0 Å². The second kappa shape index (κ2) is 3.93. The molecule has 0 unspecified atom stereocenters. The standard InChI is InChI=1S/C14H19NO/c1-14(2,3)9-10-4-5-11-6-7-15-13(16)12(11)8-10/h4-5,8H,6-7,9H2,1-3H3,(H,15,16). The molecule has 16 heavy (non-hydrogen) atoms. The third-order valence-electron chi connectivity index (χ3n) is 2.83. The van der Waals surface area contributed by atoms with E-state index in [0.717, 1.165) is 24.9 Å². The average molecular weight is 217 g/mol. The molecule has 86 valence electrons. The summed E-state index contributed by atoms with van der Waals surface area (Å²) in [6, 6.07) is 6.31. The van der Waals surface area contributed by atoms with Crippen molar-refractivity contribution < 1.29 is 4.79 Å². The summed E-state index contributed by atoms with van der Waals surface area (Å²) < 4.78 is 0. The molecule has 1 heterocycles. The molecule has 1 aromatic carbocycles. The molecule has 0 spiro atoms. The molecular weight excluding hydrogens is 198 g/mol. The number of carbonyl (C=O) groups is 1. The van der Waals surface area contributed by atoms with Gasteiger partial charge in [-0.15, -0.1) is 0 Å². The van der Waals surface area contributed by atoms with Gasteiger partial charge in [-0.1, -0.05) is 32.9 Å². The maximum Gasteiger partial charge on any atom is 0.251 e. The molecule has 2 heteroatoms. The van der Waals surface area contributed by atoms with Crippen molar-refractivity contribution in [3.8, 4) is 0 Å². The predicted molar refractivity (Wildman–Crippen MR) is 65.6 cm³/mol. The zero-order valence-corrected chi connectivity index (χ0v) is 10.3. The van der Waals surface area contributed by atoms with Crippen molar-refractivity contribution in [2.75, 3.05) is 6.54 Å². The fraction of sp³-hybridized carbons (Fsp3) is 0.500. The van der Waals surface area contributed by atoms with Crippen molar-refractivity contribution in [3.63, 3.8) is 0 Å². The number of nitrogens with one attached hydrogen (secondary N) is 1. The summed E-state index contributed by atoms with van der Waals surface area (Å²) in [6.07, 6.45) is 1.96. The maximum atomic E-state index is 11.7. The van der Waals surface area contributed by atoms with Crippen LogP contribution in [-0.4, -0.2) is 12.5 Å². The van der Waals surface area contributed by atoms with Crippen LogP contribution in [0.2, 0.25) is 0 Å². The van der Waals surface area contributed by atoms with Crippen LogP contribution in [-0.2, 0) is 12.8 Å². The van der Waals surface area contributed by atoms with Gasteiger partial charge in [-0.25, -0.2) is 0 Å². The maximum absolute atomic E-state index is 11.7. The van der Waals surface area contributed by atoms with E-state index in [1.54, 1.807) is 0 Å². The second-order valence-corrected chi connectivity index (χ2v) is 5.73. The number of hydrogen-bond acceptors (Lipinski definition) is 1. The van der Waals surface area contributed by atoms with Gasteiger partial charge in [0.15, 0.2) is 0 Å². The fourth-order valence-electron chi connectivity index (χ4n) is 2.18. The number of amides is 1. The molecule has 2 rings (SSSR count). The molecule has 0 saturated carbocycles. The third-order valence-corrected chi connectivity index (χ3v) is 2.83. The van der Waals surface area contributed by atoms with E-state index in [4.69, 9.17) is 0 Å². The number of hydrogen-bond donors (Lipinski definition) is 1. The first-order valence-electron chi connectivity index (χ1n) is 5.86. The van der Waals surface area contributed by atoms with Gasteiger partial charge in [0.05, 0.1) is 0 Å². The van der Waals surface area contributed by atoms with E-state index in [2.05, 4.69) is 44.3 Å². The third kappa shape index (κ3) is 2.43. The van der Waals surface area contributed by atoms with Crippen LogP contribution in [0.1, 0.15) is 42.3 Å². The fourth-order valence-corrected chi connectivity index (χ4v) is 2.18. The van der Waals surface area contributed by atoms with Crippen LogP contribution in [0.4, 0.5) is 0 Å². The molecule has 1 aliphatic heterocycles. The Balaban J connectivity index is 2.31. The van der Waals surface area contributed by atoms with E-state index in [9.17, 15) is 4.79 Å². The molecule has 1 N–H and O–H groups in total. The van der Waals surface area contributed by atoms with E-state index >= 15 is 0 Å². The van der Waals surface area contributed by atoms with Crippen molar-refractivity contribution >= 4 is 5.91 Å². The number of carbonyl (C=O) groups excluding carboxylic acids is 1. The zero-order valence-electron chi connectivity index (χ0n) is 10.3. The topological polar surface area (TPSA) is 29.1 Å². The number of rotatable bonds is 1. The molecule has 1 aliphatic rings. The summed E-state index contributed by atoms with van der Waals surface area (Å²) in [4.78, 5) is 11.7. The monoisotopic (exact) mass is 217 g/mol. The molecule has 0 aliphatic carbocycles. The molecule has 0 atom stereocenters. The summed E-state index contributed by atoms with van der Waals surface area (Å²) in [6.45, 7) is 7.41. The van der Waals surface area contributed by atoms with Crippen LogP contribution in [0.15, 0.2) is 18.2 Å². The van der Waals surface area contributed by atoms with Gasteiger partial charge in [-0.3, -0.25) is 4.79 Å². The summed E-state index contributed by atoms with van der Waals surface area (Å²) in [5, 5.41) is 2.89. The van der Waals surface area contributed by atoms with E-state index in [1.807, 2.05) is 0 Å². The normalized spacial score (nSPS) is 15.6. The summed E-state index contributed by atoms with van der Waals surface area (Å²) in [5.41, 5.74) is 3.57. The van der Waals surface area contributed by atoms with Gasteiger partial charge in [-0.05, 0) is 35.4 Å². The van der Waals surface area contributed by atoms with E-state index < -0.39 is 0 Å². The average Bonchev–Trinajstić information content (AvgIpc) is 2.17. The van der Waals surface area contributed by atoms with Gasteiger partial charge in [0.2, 0.25) is 0 Å². The highest BCUT2D eigenvalue weighted by Gasteiger charge is 2.18.